The molecule has 0 aliphatic heterocycles. The van der Waals surface area contributed by atoms with Crippen LogP contribution in [0.15, 0.2) is 47.0 Å². The third-order valence-electron chi connectivity index (χ3n) is 3.10. The number of benzene rings is 2. The second-order valence-electron chi connectivity index (χ2n) is 4.34. The van der Waals surface area contributed by atoms with Gasteiger partial charge in [0.1, 0.15) is 5.69 Å². The molecule has 0 saturated carbocycles. The van der Waals surface area contributed by atoms with Gasteiger partial charge in [-0.3, -0.25) is 0 Å². The van der Waals surface area contributed by atoms with E-state index in [0.717, 1.165) is 34.3 Å². The van der Waals surface area contributed by atoms with Crippen molar-refractivity contribution in [3.8, 4) is 11.3 Å². The number of nitrogen functional groups attached to an aromatic ring is 1. The third kappa shape index (κ3) is 1.74. The van der Waals surface area contributed by atoms with E-state index in [1.54, 1.807) is 0 Å². The Labute approximate surface area is 105 Å². The molecule has 0 spiro atoms. The topological polar surface area (TPSA) is 52.0 Å². The van der Waals surface area contributed by atoms with E-state index < -0.39 is 0 Å². The molecular weight excluding hydrogens is 224 g/mol. The van der Waals surface area contributed by atoms with E-state index >= 15 is 0 Å². The highest BCUT2D eigenvalue weighted by molar-refractivity contribution is 5.92. The molecule has 3 rings (SSSR count). The van der Waals surface area contributed by atoms with Crippen LogP contribution >= 0.6 is 0 Å². The molecule has 0 aliphatic rings. The van der Waals surface area contributed by atoms with Crippen molar-refractivity contribution >= 4 is 16.7 Å². The van der Waals surface area contributed by atoms with Crippen molar-refractivity contribution in [1.82, 2.24) is 5.16 Å². The first-order valence-electron chi connectivity index (χ1n) is 6.02. The summed E-state index contributed by atoms with van der Waals surface area (Å²) >= 11 is 0. The minimum atomic E-state index is 0.732. The van der Waals surface area contributed by atoms with Crippen LogP contribution in [0.3, 0.4) is 0 Å². The first-order chi connectivity index (χ1) is 8.78. The lowest BCUT2D eigenvalue weighted by Crippen LogP contribution is -1.86. The van der Waals surface area contributed by atoms with Crippen molar-refractivity contribution in [2.75, 3.05) is 5.73 Å². The highest BCUT2D eigenvalue weighted by Gasteiger charge is 2.10. The Balaban J connectivity index is 2.22. The van der Waals surface area contributed by atoms with E-state index in [-0.39, 0.29) is 0 Å². The lowest BCUT2D eigenvalue weighted by Gasteiger charge is -2.00. The lowest BCUT2D eigenvalue weighted by atomic mass is 10.0. The number of hydrogen-bond donors (Lipinski definition) is 1. The largest absolute Gasteiger partial charge is 0.399 e. The van der Waals surface area contributed by atoms with Gasteiger partial charge in [-0.1, -0.05) is 30.3 Å². The maximum atomic E-state index is 5.81. The van der Waals surface area contributed by atoms with Gasteiger partial charge < -0.3 is 10.3 Å². The first-order valence-corrected chi connectivity index (χ1v) is 6.02. The molecule has 2 N–H and O–H groups in total. The Hall–Kier alpha value is -2.29. The molecule has 0 radical (unpaired) electrons. The zero-order valence-corrected chi connectivity index (χ0v) is 10.2. The standard InChI is InChI=1S/C15H14N2O/c1-2-10-6-7-14-13(8-10)15(17-18-14)11-4-3-5-12(16)9-11/h3-9H,2,16H2,1H3. The molecule has 0 bridgehead atoms. The Bertz CT molecular complexity index is 701. The van der Waals surface area contributed by atoms with Crippen LogP contribution in [-0.2, 0) is 6.42 Å². The zero-order valence-electron chi connectivity index (χ0n) is 10.2. The zero-order chi connectivity index (χ0) is 12.5. The van der Waals surface area contributed by atoms with E-state index in [9.17, 15) is 0 Å². The number of aromatic nitrogens is 1. The molecule has 3 heteroatoms. The van der Waals surface area contributed by atoms with Gasteiger partial charge in [0.25, 0.3) is 0 Å². The van der Waals surface area contributed by atoms with Gasteiger partial charge in [0, 0.05) is 16.6 Å². The molecule has 0 atom stereocenters. The molecule has 2 aromatic carbocycles. The normalized spacial score (nSPS) is 10.9. The van der Waals surface area contributed by atoms with Crippen molar-refractivity contribution in [1.29, 1.82) is 0 Å². The average Bonchev–Trinajstić information content (AvgIpc) is 2.81. The molecule has 90 valence electrons. The molecule has 3 nitrogen and oxygen atoms in total. The summed E-state index contributed by atoms with van der Waals surface area (Å²) in [6.07, 6.45) is 0.998. The highest BCUT2D eigenvalue weighted by Crippen LogP contribution is 2.29. The van der Waals surface area contributed by atoms with E-state index in [4.69, 9.17) is 10.3 Å². The fourth-order valence-corrected chi connectivity index (χ4v) is 2.10. The van der Waals surface area contributed by atoms with Gasteiger partial charge in [-0.15, -0.1) is 0 Å². The van der Waals surface area contributed by atoms with Crippen LogP contribution in [0.1, 0.15) is 12.5 Å². The smallest absolute Gasteiger partial charge is 0.167 e. The molecule has 0 saturated heterocycles. The van der Waals surface area contributed by atoms with Crippen molar-refractivity contribution in [2.24, 2.45) is 0 Å². The van der Waals surface area contributed by atoms with Gasteiger partial charge in [-0.2, -0.15) is 0 Å². The molecule has 1 heterocycles. The molecule has 0 fully saturated rings. The molecule has 0 unspecified atom stereocenters. The van der Waals surface area contributed by atoms with Gasteiger partial charge in [0.05, 0.1) is 0 Å². The first kappa shape index (κ1) is 10.8. The van der Waals surface area contributed by atoms with Gasteiger partial charge in [0.15, 0.2) is 5.58 Å². The summed E-state index contributed by atoms with van der Waals surface area (Å²) < 4.78 is 5.35. The molecule has 1 aromatic heterocycles. The van der Waals surface area contributed by atoms with Crippen molar-refractivity contribution in [3.05, 3.63) is 48.0 Å². The molecular formula is C15H14N2O. The van der Waals surface area contributed by atoms with Gasteiger partial charge in [-0.25, -0.2) is 0 Å². The van der Waals surface area contributed by atoms with E-state index in [1.165, 1.54) is 5.56 Å². The Morgan fingerprint density at radius 1 is 1.17 bits per heavy atom. The van der Waals surface area contributed by atoms with Crippen LogP contribution in [-0.4, -0.2) is 5.16 Å². The lowest BCUT2D eigenvalue weighted by molar-refractivity contribution is 0.459. The molecule has 3 aromatic rings. The monoisotopic (exact) mass is 238 g/mol. The summed E-state index contributed by atoms with van der Waals surface area (Å²) in [5, 5.41) is 5.19. The Kier molecular flexibility index (Phi) is 2.52. The SMILES string of the molecule is CCc1ccc2onc(-c3cccc(N)c3)c2c1. The van der Waals surface area contributed by atoms with Crippen molar-refractivity contribution in [3.63, 3.8) is 0 Å². The molecule has 18 heavy (non-hydrogen) atoms. The van der Waals surface area contributed by atoms with Crippen LogP contribution in [0.4, 0.5) is 5.69 Å². The van der Waals surface area contributed by atoms with Crippen LogP contribution < -0.4 is 5.73 Å². The summed E-state index contributed by atoms with van der Waals surface area (Å²) in [5.41, 5.74) is 10.5. The van der Waals surface area contributed by atoms with Gasteiger partial charge in [-0.05, 0) is 36.2 Å². The van der Waals surface area contributed by atoms with E-state index in [0.29, 0.717) is 0 Å². The van der Waals surface area contributed by atoms with Crippen LogP contribution in [0.2, 0.25) is 0 Å². The average molecular weight is 238 g/mol. The number of aryl methyl sites for hydroxylation is 1. The maximum absolute atomic E-state index is 5.81. The number of nitrogens with zero attached hydrogens (tertiary/aromatic N) is 1. The highest BCUT2D eigenvalue weighted by atomic mass is 16.5. The minimum absolute atomic E-state index is 0.732. The predicted octanol–water partition coefficient (Wildman–Crippen LogP) is 3.64. The van der Waals surface area contributed by atoms with Crippen LogP contribution in [0.5, 0.6) is 0 Å². The summed E-state index contributed by atoms with van der Waals surface area (Å²) in [5.74, 6) is 0. The quantitative estimate of drug-likeness (QED) is 0.693. The van der Waals surface area contributed by atoms with E-state index in [2.05, 4.69) is 24.2 Å². The van der Waals surface area contributed by atoms with Gasteiger partial charge >= 0.3 is 0 Å². The minimum Gasteiger partial charge on any atom is -0.399 e. The fraction of sp³-hybridized carbons (Fsp3) is 0.133. The molecule has 0 aliphatic carbocycles. The Morgan fingerprint density at radius 2 is 2.06 bits per heavy atom. The number of anilines is 1. The number of nitrogens with two attached hydrogens (primary N) is 1. The Morgan fingerprint density at radius 3 is 2.83 bits per heavy atom. The fourth-order valence-electron chi connectivity index (χ4n) is 2.10. The van der Waals surface area contributed by atoms with Crippen LogP contribution in [0.25, 0.3) is 22.2 Å². The maximum Gasteiger partial charge on any atom is 0.167 e. The number of rotatable bonds is 2. The third-order valence-corrected chi connectivity index (χ3v) is 3.10. The molecule has 0 amide bonds. The second-order valence-corrected chi connectivity index (χ2v) is 4.34. The summed E-state index contributed by atoms with van der Waals surface area (Å²) in [6.45, 7) is 2.13. The summed E-state index contributed by atoms with van der Waals surface area (Å²) in [7, 11) is 0. The summed E-state index contributed by atoms with van der Waals surface area (Å²) in [4.78, 5) is 0. The summed E-state index contributed by atoms with van der Waals surface area (Å²) in [6, 6.07) is 13.9. The number of fused-ring (bicyclic) bond motifs is 1. The van der Waals surface area contributed by atoms with E-state index in [1.807, 2.05) is 30.3 Å². The van der Waals surface area contributed by atoms with Crippen LogP contribution in [0, 0.1) is 0 Å². The van der Waals surface area contributed by atoms with Crippen molar-refractivity contribution in [2.45, 2.75) is 13.3 Å². The second kappa shape index (κ2) is 4.18. The number of hydrogen-bond acceptors (Lipinski definition) is 3. The van der Waals surface area contributed by atoms with Gasteiger partial charge in [0.2, 0.25) is 0 Å². The predicted molar refractivity (Wildman–Crippen MR) is 73.2 cm³/mol. The van der Waals surface area contributed by atoms with Crippen molar-refractivity contribution < 1.29 is 4.52 Å².